The molecule has 1 amide bonds. The zero-order valence-corrected chi connectivity index (χ0v) is 13.6. The van der Waals surface area contributed by atoms with Gasteiger partial charge < -0.3 is 9.64 Å². The highest BCUT2D eigenvalue weighted by Gasteiger charge is 2.29. The van der Waals surface area contributed by atoms with E-state index in [4.69, 9.17) is 16.3 Å². The molecule has 1 aromatic carbocycles. The second-order valence-corrected chi connectivity index (χ2v) is 7.59. The summed E-state index contributed by atoms with van der Waals surface area (Å²) in [6, 6.07) is 4.68. The van der Waals surface area contributed by atoms with Crippen molar-refractivity contribution in [2.45, 2.75) is 17.7 Å². The molecule has 2 heterocycles. The maximum absolute atomic E-state index is 12.6. The summed E-state index contributed by atoms with van der Waals surface area (Å²) in [5.74, 6) is 0.0415. The van der Waals surface area contributed by atoms with Crippen LogP contribution in [0.5, 0.6) is 0 Å². The molecule has 0 bridgehead atoms. The van der Waals surface area contributed by atoms with Crippen molar-refractivity contribution >= 4 is 33.2 Å². The van der Waals surface area contributed by atoms with Gasteiger partial charge in [0.2, 0.25) is 15.9 Å². The van der Waals surface area contributed by atoms with Gasteiger partial charge in [-0.3, -0.25) is 4.79 Å². The third-order valence-corrected chi connectivity index (χ3v) is 6.27. The Morgan fingerprint density at radius 3 is 2.45 bits per heavy atom. The molecular weight excluding hydrogens is 328 g/mol. The molecular formula is C14H17ClN2O4S. The van der Waals surface area contributed by atoms with Gasteiger partial charge in [0.15, 0.2) is 0 Å². The lowest BCUT2D eigenvalue weighted by molar-refractivity contribution is -0.117. The summed E-state index contributed by atoms with van der Waals surface area (Å²) in [5.41, 5.74) is 0.647. The SMILES string of the molecule is O=C1CCCN1c1ccc(S(=O)(=O)N2CCOCC2)c(Cl)c1. The fourth-order valence-corrected chi connectivity index (χ4v) is 4.63. The maximum Gasteiger partial charge on any atom is 0.244 e. The molecule has 0 atom stereocenters. The molecule has 8 heteroatoms. The van der Waals surface area contributed by atoms with Crippen molar-refractivity contribution in [2.24, 2.45) is 0 Å². The largest absolute Gasteiger partial charge is 0.379 e. The van der Waals surface area contributed by atoms with E-state index in [1.807, 2.05) is 0 Å². The Kier molecular flexibility index (Phi) is 4.40. The minimum atomic E-state index is -3.63. The minimum Gasteiger partial charge on any atom is -0.379 e. The zero-order valence-electron chi connectivity index (χ0n) is 12.0. The van der Waals surface area contributed by atoms with Gasteiger partial charge in [-0.2, -0.15) is 4.31 Å². The number of ether oxygens (including phenoxy) is 1. The van der Waals surface area contributed by atoms with E-state index in [1.165, 1.54) is 10.4 Å². The molecule has 0 radical (unpaired) electrons. The van der Waals surface area contributed by atoms with Crippen LogP contribution in [0.2, 0.25) is 5.02 Å². The fraction of sp³-hybridized carbons (Fsp3) is 0.500. The molecule has 2 aliphatic rings. The van der Waals surface area contributed by atoms with Crippen molar-refractivity contribution in [3.05, 3.63) is 23.2 Å². The van der Waals surface area contributed by atoms with Crippen molar-refractivity contribution < 1.29 is 17.9 Å². The maximum atomic E-state index is 12.6. The molecule has 1 aromatic rings. The molecule has 0 aliphatic carbocycles. The number of benzene rings is 1. The first-order valence-electron chi connectivity index (χ1n) is 7.18. The Morgan fingerprint density at radius 1 is 1.14 bits per heavy atom. The van der Waals surface area contributed by atoms with Crippen LogP contribution < -0.4 is 4.90 Å². The summed E-state index contributed by atoms with van der Waals surface area (Å²) in [7, 11) is -3.63. The number of hydrogen-bond donors (Lipinski definition) is 0. The Hall–Kier alpha value is -1.15. The van der Waals surface area contributed by atoms with Gasteiger partial charge in [0, 0.05) is 31.7 Å². The topological polar surface area (TPSA) is 66.9 Å². The van der Waals surface area contributed by atoms with E-state index < -0.39 is 10.0 Å². The van der Waals surface area contributed by atoms with Crippen molar-refractivity contribution in [1.29, 1.82) is 0 Å². The first-order chi connectivity index (χ1) is 10.5. The number of morpholine rings is 1. The van der Waals surface area contributed by atoms with Gasteiger partial charge in [-0.15, -0.1) is 0 Å². The van der Waals surface area contributed by atoms with E-state index >= 15 is 0 Å². The van der Waals surface area contributed by atoms with E-state index in [0.29, 0.717) is 45.0 Å². The number of carbonyl (C=O) groups excluding carboxylic acids is 1. The lowest BCUT2D eigenvalue weighted by Gasteiger charge is -2.26. The van der Waals surface area contributed by atoms with Crippen molar-refractivity contribution in [3.63, 3.8) is 0 Å². The van der Waals surface area contributed by atoms with Crippen LogP contribution in [0.4, 0.5) is 5.69 Å². The van der Waals surface area contributed by atoms with E-state index in [2.05, 4.69) is 0 Å². The highest BCUT2D eigenvalue weighted by molar-refractivity contribution is 7.89. The molecule has 2 fully saturated rings. The number of carbonyl (C=O) groups is 1. The Balaban J connectivity index is 1.90. The molecule has 120 valence electrons. The van der Waals surface area contributed by atoms with Crippen molar-refractivity contribution in [3.8, 4) is 0 Å². The van der Waals surface area contributed by atoms with Crippen LogP contribution in [0.3, 0.4) is 0 Å². The summed E-state index contributed by atoms with van der Waals surface area (Å²) in [6.07, 6.45) is 1.33. The van der Waals surface area contributed by atoms with Crippen LogP contribution in [0.15, 0.2) is 23.1 Å². The molecule has 0 saturated carbocycles. The van der Waals surface area contributed by atoms with Gasteiger partial charge in [0.05, 0.1) is 18.2 Å². The average molecular weight is 345 g/mol. The monoisotopic (exact) mass is 344 g/mol. The van der Waals surface area contributed by atoms with Crippen LogP contribution in [-0.2, 0) is 19.6 Å². The van der Waals surface area contributed by atoms with E-state index in [-0.39, 0.29) is 15.8 Å². The van der Waals surface area contributed by atoms with Gasteiger partial charge in [-0.1, -0.05) is 11.6 Å². The molecule has 0 spiro atoms. The van der Waals surface area contributed by atoms with E-state index in [0.717, 1.165) is 6.42 Å². The molecule has 6 nitrogen and oxygen atoms in total. The zero-order chi connectivity index (χ0) is 15.7. The number of rotatable bonds is 3. The Morgan fingerprint density at radius 2 is 1.86 bits per heavy atom. The predicted octanol–water partition coefficient (Wildman–Crippen LogP) is 1.49. The highest BCUT2D eigenvalue weighted by Crippen LogP contribution is 2.31. The highest BCUT2D eigenvalue weighted by atomic mass is 35.5. The quantitative estimate of drug-likeness (QED) is 0.833. The van der Waals surface area contributed by atoms with Crippen LogP contribution >= 0.6 is 11.6 Å². The van der Waals surface area contributed by atoms with Crippen molar-refractivity contribution in [2.75, 3.05) is 37.7 Å². The van der Waals surface area contributed by atoms with Crippen LogP contribution in [0, 0.1) is 0 Å². The number of hydrogen-bond acceptors (Lipinski definition) is 4. The second kappa shape index (κ2) is 6.16. The fourth-order valence-electron chi connectivity index (χ4n) is 2.71. The van der Waals surface area contributed by atoms with Gasteiger partial charge in [-0.05, 0) is 24.6 Å². The standard InChI is InChI=1S/C14H17ClN2O4S/c15-12-10-11(17-5-1-2-14(17)18)3-4-13(12)22(19,20)16-6-8-21-9-7-16/h3-4,10H,1-2,5-9H2. The predicted molar refractivity (Wildman–Crippen MR) is 82.6 cm³/mol. The van der Waals surface area contributed by atoms with E-state index in [9.17, 15) is 13.2 Å². The lowest BCUT2D eigenvalue weighted by Crippen LogP contribution is -2.40. The summed E-state index contributed by atoms with van der Waals surface area (Å²) < 4.78 is 31.8. The summed E-state index contributed by atoms with van der Waals surface area (Å²) in [4.78, 5) is 13.5. The molecule has 22 heavy (non-hydrogen) atoms. The van der Waals surface area contributed by atoms with Gasteiger partial charge in [0.25, 0.3) is 0 Å². The van der Waals surface area contributed by atoms with Gasteiger partial charge in [-0.25, -0.2) is 8.42 Å². The second-order valence-electron chi connectivity index (χ2n) is 5.28. The number of halogens is 1. The molecule has 2 aliphatic heterocycles. The normalized spacial score (nSPS) is 20.6. The summed E-state index contributed by atoms with van der Waals surface area (Å²) in [5, 5.41) is 0.142. The van der Waals surface area contributed by atoms with Crippen LogP contribution in [0.25, 0.3) is 0 Å². The molecule has 0 unspecified atom stereocenters. The molecule has 0 N–H and O–H groups in total. The Bertz CT molecular complexity index is 686. The molecule has 0 aromatic heterocycles. The van der Waals surface area contributed by atoms with Crippen LogP contribution in [-0.4, -0.2) is 51.5 Å². The van der Waals surface area contributed by atoms with Crippen molar-refractivity contribution in [1.82, 2.24) is 4.31 Å². The van der Waals surface area contributed by atoms with Crippen LogP contribution in [0.1, 0.15) is 12.8 Å². The smallest absolute Gasteiger partial charge is 0.244 e. The summed E-state index contributed by atoms with van der Waals surface area (Å²) >= 11 is 6.18. The number of anilines is 1. The first-order valence-corrected chi connectivity index (χ1v) is 9.00. The van der Waals surface area contributed by atoms with Gasteiger partial charge in [0.1, 0.15) is 4.90 Å². The van der Waals surface area contributed by atoms with Gasteiger partial charge >= 0.3 is 0 Å². The summed E-state index contributed by atoms with van der Waals surface area (Å²) in [6.45, 7) is 2.06. The average Bonchev–Trinajstić information content (AvgIpc) is 2.94. The first kappa shape index (κ1) is 15.7. The Labute approximate surface area is 134 Å². The number of sulfonamides is 1. The lowest BCUT2D eigenvalue weighted by atomic mass is 10.3. The number of nitrogens with zero attached hydrogens (tertiary/aromatic N) is 2. The number of amides is 1. The van der Waals surface area contributed by atoms with E-state index in [1.54, 1.807) is 17.0 Å². The molecule has 2 saturated heterocycles. The third-order valence-electron chi connectivity index (χ3n) is 3.89. The molecule has 3 rings (SSSR count). The third kappa shape index (κ3) is 2.86. The minimum absolute atomic E-state index is 0.0415.